The van der Waals surface area contributed by atoms with Crippen molar-refractivity contribution >= 4 is 27.1 Å². The molecule has 1 aliphatic rings. The maximum Gasteiger partial charge on any atom is 0.0594 e. The zero-order valence-electron chi connectivity index (χ0n) is 9.12. The summed E-state index contributed by atoms with van der Waals surface area (Å²) >= 11 is 3.56. The van der Waals surface area contributed by atoms with E-state index in [0.717, 1.165) is 6.42 Å². The molecule has 0 unspecified atom stereocenters. The van der Waals surface area contributed by atoms with Gasteiger partial charge in [0.2, 0.25) is 0 Å². The Bertz CT molecular complexity index is 498. The fourth-order valence-corrected chi connectivity index (χ4v) is 3.12. The fourth-order valence-electron chi connectivity index (χ4n) is 2.57. The van der Waals surface area contributed by atoms with Crippen molar-refractivity contribution in [2.45, 2.75) is 25.3 Å². The van der Waals surface area contributed by atoms with Crippen molar-refractivity contribution in [3.05, 3.63) is 36.0 Å². The molecule has 3 heteroatoms. The number of hydrogen-bond donors (Lipinski definition) is 1. The average Bonchev–Trinajstić information content (AvgIpc) is 2.90. The second-order valence-electron chi connectivity index (χ2n) is 4.48. The lowest BCUT2D eigenvalue weighted by molar-refractivity contribution is 0.605. The summed E-state index contributed by atoms with van der Waals surface area (Å²) < 4.78 is 2.05. The van der Waals surface area contributed by atoms with Gasteiger partial charge < -0.3 is 5.32 Å². The lowest BCUT2D eigenvalue weighted by Gasteiger charge is -2.08. The molecule has 1 fully saturated rings. The highest BCUT2D eigenvalue weighted by molar-refractivity contribution is 9.08. The maximum atomic E-state index is 3.56. The normalized spacial score (nSPS) is 20.7. The van der Waals surface area contributed by atoms with Gasteiger partial charge in [-0.2, -0.15) is 0 Å². The monoisotopic (exact) mass is 278 g/mol. The highest BCUT2D eigenvalue weighted by atomic mass is 79.9. The Kier molecular flexibility index (Phi) is 2.74. The Morgan fingerprint density at radius 1 is 1.38 bits per heavy atom. The molecule has 0 amide bonds. The third-order valence-electron chi connectivity index (χ3n) is 3.38. The van der Waals surface area contributed by atoms with Gasteiger partial charge in [-0.05, 0) is 37.4 Å². The summed E-state index contributed by atoms with van der Waals surface area (Å²) in [5.74, 6) is 0. The number of hydrogen-bond acceptors (Lipinski definition) is 1. The van der Waals surface area contributed by atoms with Crippen LogP contribution >= 0.6 is 16.1 Å². The summed E-state index contributed by atoms with van der Waals surface area (Å²) in [4.78, 5) is 0. The number of fused-ring (bicyclic) bond motifs is 1. The van der Waals surface area contributed by atoms with Crippen molar-refractivity contribution in [2.75, 3.05) is 6.54 Å². The van der Waals surface area contributed by atoms with Crippen LogP contribution in [-0.2, 0) is 6.42 Å². The lowest BCUT2D eigenvalue weighted by atomic mass is 10.0. The van der Waals surface area contributed by atoms with Crippen molar-refractivity contribution in [3.8, 4) is 0 Å². The molecular weight excluding hydrogens is 264 g/mol. The number of para-hydroxylation sites is 1. The first-order chi connectivity index (χ1) is 7.84. The van der Waals surface area contributed by atoms with Gasteiger partial charge in [-0.15, -0.1) is 0 Å². The van der Waals surface area contributed by atoms with Crippen LogP contribution in [0.5, 0.6) is 0 Å². The van der Waals surface area contributed by atoms with Crippen LogP contribution in [0.3, 0.4) is 0 Å². The van der Waals surface area contributed by atoms with E-state index in [1.165, 1.54) is 35.9 Å². The van der Waals surface area contributed by atoms with E-state index in [1.54, 1.807) is 0 Å². The third kappa shape index (κ3) is 1.78. The maximum absolute atomic E-state index is 3.56. The second kappa shape index (κ2) is 4.22. The van der Waals surface area contributed by atoms with Crippen LogP contribution in [-0.4, -0.2) is 16.2 Å². The number of nitrogens with one attached hydrogen (secondary N) is 1. The SMILES string of the molecule is Brn1cc(C[C@H]2CCCN2)c2ccccc21. The van der Waals surface area contributed by atoms with Gasteiger partial charge in [-0.3, -0.25) is 3.59 Å². The summed E-state index contributed by atoms with van der Waals surface area (Å²) in [5.41, 5.74) is 2.70. The van der Waals surface area contributed by atoms with Crippen molar-refractivity contribution in [1.82, 2.24) is 8.91 Å². The van der Waals surface area contributed by atoms with Gasteiger partial charge in [0.15, 0.2) is 0 Å². The van der Waals surface area contributed by atoms with Crippen molar-refractivity contribution in [3.63, 3.8) is 0 Å². The average molecular weight is 279 g/mol. The van der Waals surface area contributed by atoms with E-state index >= 15 is 0 Å². The van der Waals surface area contributed by atoms with Gasteiger partial charge in [0, 0.05) is 17.6 Å². The van der Waals surface area contributed by atoms with E-state index in [-0.39, 0.29) is 0 Å². The van der Waals surface area contributed by atoms with Crippen LogP contribution in [0, 0.1) is 0 Å². The van der Waals surface area contributed by atoms with E-state index in [1.807, 2.05) is 3.59 Å². The molecule has 1 aromatic carbocycles. The molecule has 16 heavy (non-hydrogen) atoms. The first-order valence-corrected chi connectivity index (χ1v) is 6.54. The smallest absolute Gasteiger partial charge is 0.0594 e. The molecule has 0 spiro atoms. The molecule has 2 nitrogen and oxygen atoms in total. The van der Waals surface area contributed by atoms with Gasteiger partial charge >= 0.3 is 0 Å². The minimum atomic E-state index is 0.665. The zero-order valence-corrected chi connectivity index (χ0v) is 10.7. The zero-order chi connectivity index (χ0) is 11.0. The summed E-state index contributed by atoms with van der Waals surface area (Å²) in [6.07, 6.45) is 5.96. The van der Waals surface area contributed by atoms with Crippen molar-refractivity contribution in [2.24, 2.45) is 0 Å². The minimum Gasteiger partial charge on any atom is -0.314 e. The largest absolute Gasteiger partial charge is 0.314 e. The summed E-state index contributed by atoms with van der Waals surface area (Å²) in [7, 11) is 0. The van der Waals surface area contributed by atoms with Gasteiger partial charge in [0.25, 0.3) is 0 Å². The molecule has 1 aliphatic heterocycles. The number of aromatic nitrogens is 1. The van der Waals surface area contributed by atoms with Crippen LogP contribution < -0.4 is 5.32 Å². The first-order valence-electron chi connectivity index (χ1n) is 5.83. The number of benzene rings is 1. The topological polar surface area (TPSA) is 17.0 Å². The molecular formula is C13H15BrN2. The Morgan fingerprint density at radius 3 is 3.06 bits per heavy atom. The van der Waals surface area contributed by atoms with Gasteiger partial charge in [0.05, 0.1) is 21.7 Å². The molecule has 2 heterocycles. The summed E-state index contributed by atoms with van der Waals surface area (Å²) in [6, 6.07) is 9.21. The Balaban J connectivity index is 1.96. The first kappa shape index (κ1) is 10.4. The number of rotatable bonds is 2. The summed E-state index contributed by atoms with van der Waals surface area (Å²) in [6.45, 7) is 1.18. The highest BCUT2D eigenvalue weighted by Crippen LogP contribution is 2.25. The molecule has 0 radical (unpaired) electrons. The second-order valence-corrected chi connectivity index (χ2v) is 5.24. The standard InChI is InChI=1S/C13H15BrN2/c14-16-9-10(8-11-4-3-7-15-11)12-5-1-2-6-13(12)16/h1-2,5-6,9,11,15H,3-4,7-8H2/t11-/m1/s1. The molecule has 1 N–H and O–H groups in total. The van der Waals surface area contributed by atoms with Crippen LogP contribution in [0.4, 0.5) is 0 Å². The number of nitrogens with zero attached hydrogens (tertiary/aromatic N) is 1. The van der Waals surface area contributed by atoms with Crippen molar-refractivity contribution < 1.29 is 0 Å². The van der Waals surface area contributed by atoms with Crippen LogP contribution in [0.15, 0.2) is 30.5 Å². The minimum absolute atomic E-state index is 0.665. The third-order valence-corrected chi connectivity index (χ3v) is 3.96. The lowest BCUT2D eigenvalue weighted by Crippen LogP contribution is -2.23. The molecule has 0 aliphatic carbocycles. The fraction of sp³-hybridized carbons (Fsp3) is 0.385. The van der Waals surface area contributed by atoms with Crippen LogP contribution in [0.25, 0.3) is 10.9 Å². The summed E-state index contributed by atoms with van der Waals surface area (Å²) in [5, 5.41) is 4.92. The highest BCUT2D eigenvalue weighted by Gasteiger charge is 2.16. The molecule has 1 saturated heterocycles. The van der Waals surface area contributed by atoms with Crippen molar-refractivity contribution in [1.29, 1.82) is 0 Å². The molecule has 2 aromatic rings. The molecule has 84 valence electrons. The van der Waals surface area contributed by atoms with E-state index in [4.69, 9.17) is 0 Å². The Morgan fingerprint density at radius 2 is 2.25 bits per heavy atom. The van der Waals surface area contributed by atoms with E-state index in [2.05, 4.69) is 51.9 Å². The van der Waals surface area contributed by atoms with Gasteiger partial charge in [-0.1, -0.05) is 18.2 Å². The van der Waals surface area contributed by atoms with E-state index < -0.39 is 0 Å². The molecule has 0 bridgehead atoms. The predicted molar refractivity (Wildman–Crippen MR) is 71.0 cm³/mol. The molecule has 1 atom stereocenters. The van der Waals surface area contributed by atoms with Gasteiger partial charge in [-0.25, -0.2) is 0 Å². The van der Waals surface area contributed by atoms with Gasteiger partial charge in [0.1, 0.15) is 0 Å². The Labute approximate surface area is 104 Å². The van der Waals surface area contributed by atoms with Crippen LogP contribution in [0.1, 0.15) is 18.4 Å². The quantitative estimate of drug-likeness (QED) is 0.894. The van der Waals surface area contributed by atoms with E-state index in [0.29, 0.717) is 6.04 Å². The predicted octanol–water partition coefficient (Wildman–Crippen LogP) is 3.09. The number of halogens is 1. The molecule has 3 rings (SSSR count). The Hall–Kier alpha value is -0.800. The van der Waals surface area contributed by atoms with Crippen LogP contribution in [0.2, 0.25) is 0 Å². The van der Waals surface area contributed by atoms with E-state index in [9.17, 15) is 0 Å². The molecule has 1 aromatic heterocycles. The molecule has 0 saturated carbocycles.